The molecule has 1 aromatic carbocycles. The Kier molecular flexibility index (Phi) is 3.44. The molecule has 0 amide bonds. The van der Waals surface area contributed by atoms with Gasteiger partial charge in [0.1, 0.15) is 6.54 Å². The minimum atomic E-state index is 0.410. The predicted molar refractivity (Wildman–Crippen MR) is 70.5 cm³/mol. The standard InChI is InChI=1S/C12H14N8/c1-2-8-19-11(13-16-18-19)9-20-15-12(14-17-20)10-6-4-3-5-7-10/h3-7H,2,8-9H2,1H3. The van der Waals surface area contributed by atoms with Crippen LogP contribution in [0.2, 0.25) is 0 Å². The fourth-order valence-corrected chi connectivity index (χ4v) is 1.86. The van der Waals surface area contributed by atoms with Crippen molar-refractivity contribution >= 4 is 0 Å². The second-order valence-electron chi connectivity index (χ2n) is 4.33. The molecule has 0 saturated carbocycles. The summed E-state index contributed by atoms with van der Waals surface area (Å²) < 4.78 is 1.76. The van der Waals surface area contributed by atoms with Crippen molar-refractivity contribution in [1.29, 1.82) is 0 Å². The molecule has 20 heavy (non-hydrogen) atoms. The van der Waals surface area contributed by atoms with Crippen LogP contribution in [0.1, 0.15) is 19.2 Å². The Morgan fingerprint density at radius 2 is 1.90 bits per heavy atom. The first-order valence-electron chi connectivity index (χ1n) is 6.45. The lowest BCUT2D eigenvalue weighted by Crippen LogP contribution is -2.12. The summed E-state index contributed by atoms with van der Waals surface area (Å²) in [5, 5.41) is 24.0. The van der Waals surface area contributed by atoms with Crippen LogP contribution >= 0.6 is 0 Å². The van der Waals surface area contributed by atoms with E-state index in [9.17, 15) is 0 Å². The molecule has 0 spiro atoms. The molecule has 2 aromatic heterocycles. The molecule has 0 atom stereocenters. The number of aromatic nitrogens is 8. The highest BCUT2D eigenvalue weighted by Crippen LogP contribution is 2.11. The summed E-state index contributed by atoms with van der Waals surface area (Å²) in [5.74, 6) is 1.32. The van der Waals surface area contributed by atoms with E-state index in [4.69, 9.17) is 0 Å². The van der Waals surface area contributed by atoms with Gasteiger partial charge in [0.2, 0.25) is 5.82 Å². The number of tetrazole rings is 2. The number of hydrogen-bond donors (Lipinski definition) is 0. The van der Waals surface area contributed by atoms with E-state index < -0.39 is 0 Å². The summed E-state index contributed by atoms with van der Waals surface area (Å²) in [6.07, 6.45) is 0.970. The van der Waals surface area contributed by atoms with Gasteiger partial charge >= 0.3 is 0 Å². The van der Waals surface area contributed by atoms with E-state index >= 15 is 0 Å². The third-order valence-corrected chi connectivity index (χ3v) is 2.81. The van der Waals surface area contributed by atoms with Gasteiger partial charge in [0.15, 0.2) is 5.82 Å². The molecular weight excluding hydrogens is 256 g/mol. The molecule has 102 valence electrons. The maximum absolute atomic E-state index is 4.34. The summed E-state index contributed by atoms with van der Waals surface area (Å²) in [5.41, 5.74) is 0.937. The van der Waals surface area contributed by atoms with Gasteiger partial charge in [-0.25, -0.2) is 4.68 Å². The van der Waals surface area contributed by atoms with Crippen LogP contribution in [0, 0.1) is 0 Å². The van der Waals surface area contributed by atoms with Crippen LogP contribution in [-0.4, -0.2) is 40.4 Å². The number of aryl methyl sites for hydroxylation is 1. The minimum Gasteiger partial charge on any atom is -0.228 e. The molecule has 0 saturated heterocycles. The monoisotopic (exact) mass is 270 g/mol. The van der Waals surface area contributed by atoms with Gasteiger partial charge in [-0.15, -0.1) is 15.3 Å². The van der Waals surface area contributed by atoms with Gasteiger partial charge in [0, 0.05) is 12.1 Å². The van der Waals surface area contributed by atoms with Crippen LogP contribution in [0.15, 0.2) is 30.3 Å². The zero-order chi connectivity index (χ0) is 13.8. The normalized spacial score (nSPS) is 10.8. The highest BCUT2D eigenvalue weighted by atomic mass is 15.6. The van der Waals surface area contributed by atoms with Gasteiger partial charge < -0.3 is 0 Å². The van der Waals surface area contributed by atoms with Crippen molar-refractivity contribution in [2.24, 2.45) is 0 Å². The highest BCUT2D eigenvalue weighted by Gasteiger charge is 2.10. The number of benzene rings is 1. The lowest BCUT2D eigenvalue weighted by atomic mass is 10.2. The molecule has 0 bridgehead atoms. The molecule has 0 unspecified atom stereocenters. The van der Waals surface area contributed by atoms with Crippen molar-refractivity contribution < 1.29 is 0 Å². The van der Waals surface area contributed by atoms with Gasteiger partial charge in [-0.05, 0) is 22.1 Å². The maximum atomic E-state index is 4.34. The number of hydrogen-bond acceptors (Lipinski definition) is 6. The molecule has 3 aromatic rings. The van der Waals surface area contributed by atoms with Crippen molar-refractivity contribution in [2.75, 3.05) is 0 Å². The number of rotatable bonds is 5. The van der Waals surface area contributed by atoms with Gasteiger partial charge in [-0.3, -0.25) is 0 Å². The molecule has 0 aliphatic carbocycles. The SMILES string of the molecule is CCCn1nnnc1Cn1nnc(-c2ccccc2)n1. The quantitative estimate of drug-likeness (QED) is 0.681. The van der Waals surface area contributed by atoms with Crippen molar-refractivity contribution in [2.45, 2.75) is 26.4 Å². The summed E-state index contributed by atoms with van der Waals surface area (Å²) in [7, 11) is 0. The lowest BCUT2D eigenvalue weighted by Gasteiger charge is -2.00. The van der Waals surface area contributed by atoms with Crippen LogP contribution in [0.5, 0.6) is 0 Å². The van der Waals surface area contributed by atoms with Crippen LogP contribution in [0.4, 0.5) is 0 Å². The van der Waals surface area contributed by atoms with Gasteiger partial charge in [0.05, 0.1) is 0 Å². The average Bonchev–Trinajstić information content (AvgIpc) is 3.11. The minimum absolute atomic E-state index is 0.410. The van der Waals surface area contributed by atoms with E-state index in [0.717, 1.165) is 24.4 Å². The first kappa shape index (κ1) is 12.4. The Hall–Kier alpha value is -2.64. The number of nitrogens with zero attached hydrogens (tertiary/aromatic N) is 8. The van der Waals surface area contributed by atoms with Gasteiger partial charge in [0.25, 0.3) is 0 Å². The second kappa shape index (κ2) is 5.55. The molecular formula is C12H14N8. The topological polar surface area (TPSA) is 87.2 Å². The molecule has 8 nitrogen and oxygen atoms in total. The van der Waals surface area contributed by atoms with E-state index in [-0.39, 0.29) is 0 Å². The van der Waals surface area contributed by atoms with E-state index in [1.54, 1.807) is 4.68 Å². The Morgan fingerprint density at radius 3 is 2.70 bits per heavy atom. The zero-order valence-electron chi connectivity index (χ0n) is 11.1. The van der Waals surface area contributed by atoms with Crippen molar-refractivity contribution in [3.8, 4) is 11.4 Å². The predicted octanol–water partition coefficient (Wildman–Crippen LogP) is 0.785. The molecule has 0 aliphatic rings. The lowest BCUT2D eigenvalue weighted by molar-refractivity contribution is 0.500. The third kappa shape index (κ3) is 2.53. The van der Waals surface area contributed by atoms with Crippen molar-refractivity contribution in [1.82, 2.24) is 40.4 Å². The molecule has 0 fully saturated rings. The Bertz CT molecular complexity index is 672. The van der Waals surface area contributed by atoms with Crippen LogP contribution in [-0.2, 0) is 13.1 Å². The molecule has 3 rings (SSSR count). The Labute approximate surface area is 115 Å². The molecule has 2 heterocycles. The molecule has 0 radical (unpaired) electrons. The first-order valence-corrected chi connectivity index (χ1v) is 6.45. The molecule has 0 N–H and O–H groups in total. The smallest absolute Gasteiger partial charge is 0.204 e. The second-order valence-corrected chi connectivity index (χ2v) is 4.33. The van der Waals surface area contributed by atoms with Gasteiger partial charge in [-0.1, -0.05) is 37.3 Å². The fraction of sp³-hybridized carbons (Fsp3) is 0.333. The van der Waals surface area contributed by atoms with Crippen LogP contribution in [0.3, 0.4) is 0 Å². The fourth-order valence-electron chi connectivity index (χ4n) is 1.86. The highest BCUT2D eigenvalue weighted by molar-refractivity contribution is 5.52. The largest absolute Gasteiger partial charge is 0.228 e. The molecule has 8 heteroatoms. The van der Waals surface area contributed by atoms with E-state index in [0.29, 0.717) is 12.4 Å². The summed E-state index contributed by atoms with van der Waals surface area (Å²) >= 11 is 0. The third-order valence-electron chi connectivity index (χ3n) is 2.81. The van der Waals surface area contributed by atoms with Crippen LogP contribution in [0.25, 0.3) is 11.4 Å². The van der Waals surface area contributed by atoms with Crippen LogP contribution < -0.4 is 0 Å². The average molecular weight is 270 g/mol. The summed E-state index contributed by atoms with van der Waals surface area (Å²) in [6.45, 7) is 3.27. The zero-order valence-corrected chi connectivity index (χ0v) is 11.1. The first-order chi connectivity index (χ1) is 9.86. The van der Waals surface area contributed by atoms with E-state index in [1.807, 2.05) is 30.3 Å². The van der Waals surface area contributed by atoms with E-state index in [1.165, 1.54) is 4.80 Å². The van der Waals surface area contributed by atoms with Crippen molar-refractivity contribution in [3.63, 3.8) is 0 Å². The summed E-state index contributed by atoms with van der Waals surface area (Å²) in [6, 6.07) is 9.73. The van der Waals surface area contributed by atoms with E-state index in [2.05, 4.69) is 37.9 Å². The van der Waals surface area contributed by atoms with Gasteiger partial charge in [-0.2, -0.15) is 4.80 Å². The van der Waals surface area contributed by atoms with Crippen molar-refractivity contribution in [3.05, 3.63) is 36.2 Å². The summed E-state index contributed by atoms with van der Waals surface area (Å²) in [4.78, 5) is 1.50. The molecule has 0 aliphatic heterocycles. The Balaban J connectivity index is 1.79. The Morgan fingerprint density at radius 1 is 1.05 bits per heavy atom. The maximum Gasteiger partial charge on any atom is 0.204 e.